The number of hydrogen-bond donors (Lipinski definition) is 0. The standard InChI is InChI=1S/C8H9.Pd/c1-2-5-8-6-3-4-7-8;/h2-3,6H,1,5,7H2;. The van der Waals surface area contributed by atoms with Gasteiger partial charge in [0.05, 0.1) is 0 Å². The van der Waals surface area contributed by atoms with E-state index in [-0.39, 0.29) is 0 Å². The van der Waals surface area contributed by atoms with Crippen LogP contribution in [0.5, 0.6) is 0 Å². The van der Waals surface area contributed by atoms with Crippen LogP contribution in [0.1, 0.15) is 12.8 Å². The van der Waals surface area contributed by atoms with E-state index >= 15 is 0 Å². The maximum atomic E-state index is 3.67. The minimum absolute atomic E-state index is 1.03. The van der Waals surface area contributed by atoms with Crippen LogP contribution in [-0.4, -0.2) is 0 Å². The SMILES string of the molecule is C=CCC1=CC=[C]([Pd])C1. The van der Waals surface area contributed by atoms with Crippen LogP contribution < -0.4 is 0 Å². The van der Waals surface area contributed by atoms with Crippen LogP contribution >= 0.6 is 0 Å². The van der Waals surface area contributed by atoms with Gasteiger partial charge in [-0.2, -0.15) is 0 Å². The van der Waals surface area contributed by atoms with Gasteiger partial charge in [-0.15, -0.1) is 0 Å². The van der Waals surface area contributed by atoms with Crippen molar-refractivity contribution in [2.45, 2.75) is 12.8 Å². The van der Waals surface area contributed by atoms with Gasteiger partial charge in [0.15, 0.2) is 0 Å². The van der Waals surface area contributed by atoms with Crippen LogP contribution in [0, 0.1) is 0 Å². The summed E-state index contributed by atoms with van der Waals surface area (Å²) in [5.41, 5.74) is 1.45. The summed E-state index contributed by atoms with van der Waals surface area (Å²) in [5, 5.41) is 0. The minimum atomic E-state index is 1.03. The molecule has 0 aliphatic heterocycles. The summed E-state index contributed by atoms with van der Waals surface area (Å²) >= 11 is 3.17. The third-order valence-electron chi connectivity index (χ3n) is 1.28. The average Bonchev–Trinajstić information content (AvgIpc) is 2.17. The van der Waals surface area contributed by atoms with E-state index in [0.717, 1.165) is 12.8 Å². The Bertz CT molecular complexity index is 175. The predicted octanol–water partition coefficient (Wildman–Crippen LogP) is 2.32. The molecule has 0 aromatic rings. The monoisotopic (exact) mass is 211 g/mol. The van der Waals surface area contributed by atoms with E-state index in [0.29, 0.717) is 0 Å². The Labute approximate surface area is 66.7 Å². The van der Waals surface area contributed by atoms with Gasteiger partial charge in [-0.3, -0.25) is 0 Å². The van der Waals surface area contributed by atoms with Gasteiger partial charge in [0.2, 0.25) is 0 Å². The summed E-state index contributed by atoms with van der Waals surface area (Å²) in [6, 6.07) is 0. The second-order valence-electron chi connectivity index (χ2n) is 2.07. The first-order chi connectivity index (χ1) is 4.33. The Morgan fingerprint density at radius 3 is 2.89 bits per heavy atom. The number of allylic oxidation sites excluding steroid dienone is 5. The molecule has 9 heavy (non-hydrogen) atoms. The molecule has 0 nitrogen and oxygen atoms in total. The van der Waals surface area contributed by atoms with Crippen molar-refractivity contribution in [2.24, 2.45) is 0 Å². The summed E-state index contributed by atoms with van der Waals surface area (Å²) in [6.45, 7) is 3.67. The Morgan fingerprint density at radius 2 is 2.44 bits per heavy atom. The normalized spacial score (nSPS) is 17.1. The first kappa shape index (κ1) is 6.99. The third kappa shape index (κ3) is 1.93. The van der Waals surface area contributed by atoms with Crippen LogP contribution in [0.2, 0.25) is 0 Å². The fraction of sp³-hybridized carbons (Fsp3) is 0.250. The molecule has 0 spiro atoms. The van der Waals surface area contributed by atoms with Gasteiger partial charge in [0.1, 0.15) is 0 Å². The van der Waals surface area contributed by atoms with Crippen LogP contribution in [0.15, 0.2) is 34.4 Å². The van der Waals surface area contributed by atoms with E-state index < -0.39 is 0 Å². The van der Waals surface area contributed by atoms with Gasteiger partial charge in [0.25, 0.3) is 0 Å². The average molecular weight is 212 g/mol. The maximum absolute atomic E-state index is 3.67. The van der Waals surface area contributed by atoms with E-state index in [9.17, 15) is 0 Å². The number of hydrogen-bond acceptors (Lipinski definition) is 0. The van der Waals surface area contributed by atoms with Gasteiger partial charge < -0.3 is 0 Å². The van der Waals surface area contributed by atoms with E-state index in [2.05, 4.69) is 37.9 Å². The molecule has 0 unspecified atom stereocenters. The van der Waals surface area contributed by atoms with Crippen molar-refractivity contribution in [2.75, 3.05) is 0 Å². The molecular formula is C8H9Pd. The molecule has 0 atom stereocenters. The molecule has 0 fully saturated rings. The quantitative estimate of drug-likeness (QED) is 0.486. The summed E-state index contributed by atoms with van der Waals surface area (Å²) in [5.74, 6) is 0. The van der Waals surface area contributed by atoms with E-state index in [1.165, 1.54) is 9.62 Å². The van der Waals surface area contributed by atoms with Crippen molar-refractivity contribution >= 4 is 0 Å². The Balaban J connectivity index is 2.43. The van der Waals surface area contributed by atoms with Crippen LogP contribution in [0.3, 0.4) is 0 Å². The summed E-state index contributed by atoms with van der Waals surface area (Å²) in [7, 11) is 0. The van der Waals surface area contributed by atoms with Crippen molar-refractivity contribution in [1.82, 2.24) is 0 Å². The van der Waals surface area contributed by atoms with Crippen molar-refractivity contribution in [1.29, 1.82) is 0 Å². The van der Waals surface area contributed by atoms with Gasteiger partial charge in [-0.1, -0.05) is 0 Å². The second kappa shape index (κ2) is 3.15. The summed E-state index contributed by atoms with van der Waals surface area (Å²) in [4.78, 5) is 0. The van der Waals surface area contributed by atoms with E-state index in [1.807, 2.05) is 6.08 Å². The predicted molar refractivity (Wildman–Crippen MR) is 35.6 cm³/mol. The summed E-state index contributed by atoms with van der Waals surface area (Å²) < 4.78 is 1.31. The molecule has 51 valence electrons. The molecular weight excluding hydrogens is 203 g/mol. The van der Waals surface area contributed by atoms with Crippen LogP contribution in [0.4, 0.5) is 0 Å². The molecule has 0 saturated carbocycles. The van der Waals surface area contributed by atoms with Crippen LogP contribution in [0.25, 0.3) is 0 Å². The fourth-order valence-corrected chi connectivity index (χ4v) is 1.33. The zero-order chi connectivity index (χ0) is 6.69. The first-order valence-electron chi connectivity index (χ1n) is 2.95. The zero-order valence-electron chi connectivity index (χ0n) is 5.17. The molecule has 1 aliphatic carbocycles. The topological polar surface area (TPSA) is 0 Å². The summed E-state index contributed by atoms with van der Waals surface area (Å²) in [6.07, 6.45) is 8.32. The Kier molecular flexibility index (Phi) is 2.45. The Morgan fingerprint density at radius 1 is 1.67 bits per heavy atom. The molecule has 0 heterocycles. The van der Waals surface area contributed by atoms with E-state index in [4.69, 9.17) is 0 Å². The number of rotatable bonds is 2. The first-order valence-corrected chi connectivity index (χ1v) is 3.72. The van der Waals surface area contributed by atoms with Crippen molar-refractivity contribution in [3.05, 3.63) is 34.4 Å². The van der Waals surface area contributed by atoms with Crippen molar-refractivity contribution in [3.63, 3.8) is 0 Å². The zero-order valence-corrected chi connectivity index (χ0v) is 6.72. The molecule has 0 radical (unpaired) electrons. The van der Waals surface area contributed by atoms with Gasteiger partial charge in [-0.25, -0.2) is 0 Å². The van der Waals surface area contributed by atoms with Crippen LogP contribution in [-0.2, 0) is 19.2 Å². The molecule has 0 aromatic heterocycles. The molecule has 0 N–H and O–H groups in total. The molecule has 0 saturated heterocycles. The fourth-order valence-electron chi connectivity index (χ4n) is 0.849. The molecule has 1 heteroatoms. The molecule has 1 aliphatic rings. The van der Waals surface area contributed by atoms with Gasteiger partial charge in [-0.05, 0) is 0 Å². The molecule has 0 bridgehead atoms. The molecule has 0 aromatic carbocycles. The van der Waals surface area contributed by atoms with Crippen molar-refractivity contribution in [3.8, 4) is 0 Å². The molecule has 0 amide bonds. The van der Waals surface area contributed by atoms with Crippen molar-refractivity contribution < 1.29 is 19.2 Å². The van der Waals surface area contributed by atoms with Gasteiger partial charge >= 0.3 is 66.5 Å². The third-order valence-corrected chi connectivity index (χ3v) is 1.82. The molecule has 1 rings (SSSR count). The van der Waals surface area contributed by atoms with Gasteiger partial charge in [0, 0.05) is 0 Å². The second-order valence-corrected chi connectivity index (χ2v) is 3.07. The van der Waals surface area contributed by atoms with E-state index in [1.54, 1.807) is 0 Å². The Hall–Kier alpha value is -0.118.